The number of para-hydroxylation sites is 1. The van der Waals surface area contributed by atoms with Gasteiger partial charge in [-0.05, 0) is 54.4 Å². The van der Waals surface area contributed by atoms with Crippen molar-refractivity contribution in [3.63, 3.8) is 0 Å². The fourth-order valence-electron chi connectivity index (χ4n) is 2.64. The molecule has 0 fully saturated rings. The largest absolute Gasteiger partial charge is 0.416 e. The Bertz CT molecular complexity index is 952. The Morgan fingerprint density at radius 1 is 1.00 bits per heavy atom. The van der Waals surface area contributed by atoms with Crippen molar-refractivity contribution in [2.45, 2.75) is 19.5 Å². The first-order valence-electron chi connectivity index (χ1n) is 8.66. The number of aromatic nitrogens is 1. The monoisotopic (exact) mass is 385 g/mol. The lowest BCUT2D eigenvalue weighted by Gasteiger charge is -2.11. The van der Waals surface area contributed by atoms with Crippen LogP contribution in [0.15, 0.2) is 66.9 Å². The van der Waals surface area contributed by atoms with Crippen molar-refractivity contribution < 1.29 is 18.0 Å². The Hall–Kier alpha value is -3.35. The molecule has 1 aromatic heterocycles. The average molecular weight is 385 g/mol. The molecule has 3 rings (SSSR count). The van der Waals surface area contributed by atoms with E-state index < -0.39 is 17.6 Å². The Balaban J connectivity index is 1.66. The van der Waals surface area contributed by atoms with E-state index in [0.29, 0.717) is 11.5 Å². The van der Waals surface area contributed by atoms with Gasteiger partial charge in [-0.3, -0.25) is 4.79 Å². The molecule has 2 aromatic carbocycles. The highest BCUT2D eigenvalue weighted by Crippen LogP contribution is 2.29. The SMILES string of the molecule is CCc1ccccc1Nc1ccc(NC(=O)c2ccc(C(F)(F)F)cc2)cn1. The molecule has 4 nitrogen and oxygen atoms in total. The number of nitrogens with zero attached hydrogens (tertiary/aromatic N) is 1. The van der Waals surface area contributed by atoms with Gasteiger partial charge in [-0.25, -0.2) is 4.98 Å². The van der Waals surface area contributed by atoms with Gasteiger partial charge in [0.2, 0.25) is 0 Å². The predicted octanol–water partition coefficient (Wildman–Crippen LogP) is 5.66. The van der Waals surface area contributed by atoms with Crippen molar-refractivity contribution in [3.8, 4) is 0 Å². The Labute approximate surface area is 160 Å². The zero-order valence-corrected chi connectivity index (χ0v) is 15.0. The van der Waals surface area contributed by atoms with Gasteiger partial charge in [0.15, 0.2) is 0 Å². The third-order valence-electron chi connectivity index (χ3n) is 4.16. The fraction of sp³-hybridized carbons (Fsp3) is 0.143. The minimum Gasteiger partial charge on any atom is -0.340 e. The summed E-state index contributed by atoms with van der Waals surface area (Å²) in [6, 6.07) is 15.3. The topological polar surface area (TPSA) is 54.0 Å². The number of aryl methyl sites for hydroxylation is 1. The summed E-state index contributed by atoms with van der Waals surface area (Å²) in [5.74, 6) is 0.112. The van der Waals surface area contributed by atoms with Gasteiger partial charge in [-0.2, -0.15) is 13.2 Å². The number of anilines is 3. The Kier molecular flexibility index (Phi) is 5.63. The summed E-state index contributed by atoms with van der Waals surface area (Å²) >= 11 is 0. The molecule has 0 aliphatic heterocycles. The van der Waals surface area contributed by atoms with Crippen LogP contribution in [0, 0.1) is 0 Å². The molecule has 1 heterocycles. The zero-order valence-electron chi connectivity index (χ0n) is 15.0. The van der Waals surface area contributed by atoms with E-state index in [2.05, 4.69) is 22.5 Å². The number of alkyl halides is 3. The summed E-state index contributed by atoms with van der Waals surface area (Å²) in [5.41, 5.74) is 1.89. The Morgan fingerprint density at radius 3 is 2.32 bits per heavy atom. The first kappa shape index (κ1) is 19.4. The van der Waals surface area contributed by atoms with E-state index in [9.17, 15) is 18.0 Å². The van der Waals surface area contributed by atoms with Gasteiger partial charge in [0, 0.05) is 11.3 Å². The van der Waals surface area contributed by atoms with Crippen molar-refractivity contribution in [3.05, 3.63) is 83.6 Å². The van der Waals surface area contributed by atoms with Gasteiger partial charge < -0.3 is 10.6 Å². The first-order chi connectivity index (χ1) is 13.4. The van der Waals surface area contributed by atoms with Gasteiger partial charge in [0.1, 0.15) is 5.82 Å². The molecule has 0 saturated carbocycles. The number of halogens is 3. The molecule has 0 aliphatic rings. The van der Waals surface area contributed by atoms with Crippen LogP contribution in [0.3, 0.4) is 0 Å². The summed E-state index contributed by atoms with van der Waals surface area (Å²) in [5, 5.41) is 5.85. The molecule has 0 unspecified atom stereocenters. The molecule has 0 radical (unpaired) electrons. The van der Waals surface area contributed by atoms with Crippen LogP contribution in [0.4, 0.5) is 30.4 Å². The van der Waals surface area contributed by atoms with Crippen LogP contribution in [0.25, 0.3) is 0 Å². The smallest absolute Gasteiger partial charge is 0.340 e. The molecular weight excluding hydrogens is 367 g/mol. The predicted molar refractivity (Wildman–Crippen MR) is 103 cm³/mol. The van der Waals surface area contributed by atoms with Crippen molar-refractivity contribution in [1.29, 1.82) is 0 Å². The summed E-state index contributed by atoms with van der Waals surface area (Å²) in [4.78, 5) is 16.5. The highest BCUT2D eigenvalue weighted by atomic mass is 19.4. The van der Waals surface area contributed by atoms with Crippen molar-refractivity contribution >= 4 is 23.1 Å². The maximum Gasteiger partial charge on any atom is 0.416 e. The number of amides is 1. The van der Waals surface area contributed by atoms with E-state index in [0.717, 1.165) is 41.9 Å². The highest BCUT2D eigenvalue weighted by molar-refractivity contribution is 6.04. The maximum absolute atomic E-state index is 12.6. The number of rotatable bonds is 5. The molecule has 3 aromatic rings. The summed E-state index contributed by atoms with van der Waals surface area (Å²) in [6.45, 7) is 2.06. The second-order valence-corrected chi connectivity index (χ2v) is 6.10. The van der Waals surface area contributed by atoms with E-state index in [1.165, 1.54) is 6.20 Å². The van der Waals surface area contributed by atoms with E-state index in [4.69, 9.17) is 0 Å². The number of pyridine rings is 1. The molecule has 2 N–H and O–H groups in total. The van der Waals surface area contributed by atoms with Crippen LogP contribution in [0.1, 0.15) is 28.4 Å². The number of nitrogens with one attached hydrogen (secondary N) is 2. The minimum atomic E-state index is -4.43. The third kappa shape index (κ3) is 4.68. The van der Waals surface area contributed by atoms with Gasteiger partial charge in [-0.15, -0.1) is 0 Å². The van der Waals surface area contributed by atoms with Crippen LogP contribution in [0.5, 0.6) is 0 Å². The molecule has 0 saturated heterocycles. The van der Waals surface area contributed by atoms with Crippen LogP contribution < -0.4 is 10.6 Å². The second kappa shape index (κ2) is 8.12. The number of hydrogen-bond acceptors (Lipinski definition) is 3. The van der Waals surface area contributed by atoms with E-state index in [1.54, 1.807) is 12.1 Å². The van der Waals surface area contributed by atoms with Gasteiger partial charge in [0.05, 0.1) is 17.4 Å². The first-order valence-corrected chi connectivity index (χ1v) is 8.66. The summed E-state index contributed by atoms with van der Waals surface area (Å²) in [7, 11) is 0. The lowest BCUT2D eigenvalue weighted by atomic mass is 10.1. The molecule has 144 valence electrons. The number of carbonyl (C=O) groups is 1. The standard InChI is InChI=1S/C21H18F3N3O/c1-2-14-5-3-4-6-18(14)27-19-12-11-17(13-25-19)26-20(28)15-7-9-16(10-8-15)21(22,23)24/h3-13H,2H2,1H3,(H,25,27)(H,26,28). The molecule has 0 aliphatic carbocycles. The molecule has 0 bridgehead atoms. The van der Waals surface area contributed by atoms with E-state index >= 15 is 0 Å². The summed E-state index contributed by atoms with van der Waals surface area (Å²) < 4.78 is 37.8. The molecule has 0 atom stereocenters. The van der Waals surface area contributed by atoms with Crippen LogP contribution in [-0.4, -0.2) is 10.9 Å². The molecular formula is C21H18F3N3O. The van der Waals surface area contributed by atoms with Crippen LogP contribution >= 0.6 is 0 Å². The van der Waals surface area contributed by atoms with Crippen molar-refractivity contribution in [2.75, 3.05) is 10.6 Å². The van der Waals surface area contributed by atoms with Crippen LogP contribution in [0.2, 0.25) is 0 Å². The van der Waals surface area contributed by atoms with Gasteiger partial charge in [0.25, 0.3) is 5.91 Å². The average Bonchev–Trinajstić information content (AvgIpc) is 2.69. The van der Waals surface area contributed by atoms with Gasteiger partial charge >= 0.3 is 6.18 Å². The fourth-order valence-corrected chi connectivity index (χ4v) is 2.64. The molecule has 28 heavy (non-hydrogen) atoms. The lowest BCUT2D eigenvalue weighted by Crippen LogP contribution is -2.13. The lowest BCUT2D eigenvalue weighted by molar-refractivity contribution is -0.137. The van der Waals surface area contributed by atoms with Crippen molar-refractivity contribution in [1.82, 2.24) is 4.98 Å². The maximum atomic E-state index is 12.6. The highest BCUT2D eigenvalue weighted by Gasteiger charge is 2.30. The Morgan fingerprint density at radius 2 is 1.71 bits per heavy atom. The number of hydrogen-bond donors (Lipinski definition) is 2. The van der Waals surface area contributed by atoms with Crippen LogP contribution in [-0.2, 0) is 12.6 Å². The molecule has 1 amide bonds. The zero-order chi connectivity index (χ0) is 20.1. The number of benzene rings is 2. The molecule has 0 spiro atoms. The number of carbonyl (C=O) groups excluding carboxylic acids is 1. The van der Waals surface area contributed by atoms with E-state index in [-0.39, 0.29) is 5.56 Å². The summed E-state index contributed by atoms with van der Waals surface area (Å²) in [6.07, 6.45) is -2.07. The van der Waals surface area contributed by atoms with Gasteiger partial charge in [-0.1, -0.05) is 25.1 Å². The minimum absolute atomic E-state index is 0.132. The second-order valence-electron chi connectivity index (χ2n) is 6.10. The molecule has 7 heteroatoms. The quantitative estimate of drug-likeness (QED) is 0.596. The third-order valence-corrected chi connectivity index (χ3v) is 4.16. The van der Waals surface area contributed by atoms with E-state index in [1.807, 2.05) is 24.3 Å². The van der Waals surface area contributed by atoms with Crippen molar-refractivity contribution in [2.24, 2.45) is 0 Å². The normalized spacial score (nSPS) is 11.1.